The average molecular weight is 538 g/mol. The van der Waals surface area contributed by atoms with Crippen molar-refractivity contribution in [1.82, 2.24) is 24.1 Å². The van der Waals surface area contributed by atoms with Crippen LogP contribution in [0.25, 0.3) is 11.3 Å². The lowest BCUT2D eigenvalue weighted by Crippen LogP contribution is -2.11. The molecule has 0 aliphatic carbocycles. The maximum atomic E-state index is 6.52. The molecule has 5 rings (SSSR count). The Bertz CT molecular complexity index is 1670. The van der Waals surface area contributed by atoms with Crippen LogP contribution in [-0.4, -0.2) is 24.1 Å². The van der Waals surface area contributed by atoms with Crippen LogP contribution in [0, 0.1) is 13.8 Å². The first-order chi connectivity index (χ1) is 18.9. The van der Waals surface area contributed by atoms with Crippen LogP contribution in [0.15, 0.2) is 60.8 Å². The van der Waals surface area contributed by atoms with Gasteiger partial charge in [0.25, 0.3) is 0 Å². The van der Waals surface area contributed by atoms with Gasteiger partial charge in [0.1, 0.15) is 17.1 Å². The van der Waals surface area contributed by atoms with Gasteiger partial charge in [-0.25, -0.2) is 14.6 Å². The number of pyridine rings is 2. The van der Waals surface area contributed by atoms with Crippen LogP contribution in [0.4, 0.5) is 0 Å². The molecule has 0 aliphatic heterocycles. The van der Waals surface area contributed by atoms with Crippen molar-refractivity contribution in [2.24, 2.45) is 0 Å². The second-order valence-electron chi connectivity index (χ2n) is 12.1. The van der Waals surface area contributed by atoms with Crippen LogP contribution >= 0.6 is 0 Å². The van der Waals surface area contributed by atoms with Crippen molar-refractivity contribution in [1.29, 1.82) is 0 Å². The Morgan fingerprint density at radius 1 is 0.825 bits per heavy atom. The summed E-state index contributed by atoms with van der Waals surface area (Å²) in [5.41, 5.74) is 7.07. The maximum Gasteiger partial charge on any atom is 0.221 e. The summed E-state index contributed by atoms with van der Waals surface area (Å²) >= 11 is 0. The normalized spacial score (nSPS) is 12.1. The van der Waals surface area contributed by atoms with E-state index in [-0.39, 0.29) is 17.3 Å². The van der Waals surface area contributed by atoms with Crippen molar-refractivity contribution in [3.63, 3.8) is 0 Å². The summed E-state index contributed by atoms with van der Waals surface area (Å²) in [5, 5.41) is 4.62. The Morgan fingerprint density at radius 3 is 2.25 bits per heavy atom. The highest BCUT2D eigenvalue weighted by Crippen LogP contribution is 2.37. The smallest absolute Gasteiger partial charge is 0.221 e. The number of ether oxygens (including phenoxy) is 2. The van der Waals surface area contributed by atoms with Crippen LogP contribution < -0.4 is 9.47 Å². The van der Waals surface area contributed by atoms with Crippen LogP contribution in [0.3, 0.4) is 0 Å². The SMILES string of the molecule is Cc1cc(C)n(-c2cccc(Oc3cc(Oc4cc(C(C)(C)C)ccn4)n4c(C(C)C)c(C(C)C)nc4c3)c2)n1. The van der Waals surface area contributed by atoms with Gasteiger partial charge in [0.05, 0.1) is 22.8 Å². The van der Waals surface area contributed by atoms with Gasteiger partial charge in [-0.15, -0.1) is 0 Å². The van der Waals surface area contributed by atoms with E-state index in [9.17, 15) is 0 Å². The zero-order valence-electron chi connectivity index (χ0n) is 25.0. The number of rotatable bonds is 7. The lowest BCUT2D eigenvalue weighted by molar-refractivity contribution is 0.423. The summed E-state index contributed by atoms with van der Waals surface area (Å²) in [6.07, 6.45) is 1.80. The van der Waals surface area contributed by atoms with Crippen molar-refractivity contribution >= 4 is 5.65 Å². The summed E-state index contributed by atoms with van der Waals surface area (Å²) in [7, 11) is 0. The van der Waals surface area contributed by atoms with Crippen molar-refractivity contribution < 1.29 is 9.47 Å². The van der Waals surface area contributed by atoms with Crippen LogP contribution in [0.2, 0.25) is 0 Å². The third-order valence-electron chi connectivity index (χ3n) is 6.94. The summed E-state index contributed by atoms with van der Waals surface area (Å²) in [6.45, 7) is 19.3. The van der Waals surface area contributed by atoms with Crippen molar-refractivity contribution in [2.45, 2.75) is 79.6 Å². The molecule has 0 saturated carbocycles. The number of aryl methyl sites for hydroxylation is 2. The van der Waals surface area contributed by atoms with E-state index in [0.717, 1.165) is 39.7 Å². The van der Waals surface area contributed by atoms with E-state index >= 15 is 0 Å². The van der Waals surface area contributed by atoms with Gasteiger partial charge in [-0.2, -0.15) is 5.10 Å². The molecule has 208 valence electrons. The highest BCUT2D eigenvalue weighted by Gasteiger charge is 2.23. The van der Waals surface area contributed by atoms with E-state index in [1.165, 1.54) is 0 Å². The van der Waals surface area contributed by atoms with Gasteiger partial charge >= 0.3 is 0 Å². The molecule has 0 N–H and O–H groups in total. The van der Waals surface area contributed by atoms with Crippen molar-refractivity contribution in [3.05, 3.63) is 89.1 Å². The highest BCUT2D eigenvalue weighted by atomic mass is 16.5. The Morgan fingerprint density at radius 2 is 1.60 bits per heavy atom. The molecule has 0 radical (unpaired) electrons. The molecule has 0 saturated heterocycles. The van der Waals surface area contributed by atoms with Gasteiger partial charge in [0.15, 0.2) is 0 Å². The van der Waals surface area contributed by atoms with Gasteiger partial charge in [0, 0.05) is 36.2 Å². The lowest BCUT2D eigenvalue weighted by atomic mass is 9.88. The quantitative estimate of drug-likeness (QED) is 0.208. The molecule has 0 spiro atoms. The second-order valence-corrected chi connectivity index (χ2v) is 12.1. The van der Waals surface area contributed by atoms with Crippen LogP contribution in [0.5, 0.6) is 23.3 Å². The molecule has 0 fully saturated rings. The average Bonchev–Trinajstić information content (AvgIpc) is 3.43. The number of benzene rings is 1. The van der Waals surface area contributed by atoms with E-state index in [1.54, 1.807) is 6.20 Å². The van der Waals surface area contributed by atoms with Crippen molar-refractivity contribution in [2.75, 3.05) is 0 Å². The van der Waals surface area contributed by atoms with Gasteiger partial charge in [-0.3, -0.25) is 4.40 Å². The van der Waals surface area contributed by atoms with Gasteiger partial charge in [-0.05, 0) is 60.9 Å². The van der Waals surface area contributed by atoms with Gasteiger partial charge < -0.3 is 9.47 Å². The Hall–Kier alpha value is -4.13. The monoisotopic (exact) mass is 537 g/mol. The largest absolute Gasteiger partial charge is 0.457 e. The Labute approximate surface area is 236 Å². The standard InChI is InChI=1S/C33H39N5O2/c1-20(2)31-32(21(3)4)37-28(35-31)18-27(19-30(37)40-29-16-24(13-14-34-29)33(7,8)9)39-26-12-10-11-25(17-26)38-23(6)15-22(5)36-38/h10-21H,1-9H3. The first-order valence-electron chi connectivity index (χ1n) is 13.9. The molecule has 0 bridgehead atoms. The predicted octanol–water partition coefficient (Wildman–Crippen LogP) is 8.66. The number of aromatic nitrogens is 5. The minimum Gasteiger partial charge on any atom is -0.457 e. The minimum atomic E-state index is -0.0271. The molecule has 40 heavy (non-hydrogen) atoms. The summed E-state index contributed by atoms with van der Waals surface area (Å²) in [6, 6.07) is 17.9. The fourth-order valence-corrected chi connectivity index (χ4v) is 5.01. The molecule has 4 heterocycles. The summed E-state index contributed by atoms with van der Waals surface area (Å²) in [5.74, 6) is 2.99. The van der Waals surface area contributed by atoms with Crippen LogP contribution in [0.1, 0.15) is 88.6 Å². The summed E-state index contributed by atoms with van der Waals surface area (Å²) in [4.78, 5) is 9.58. The first-order valence-corrected chi connectivity index (χ1v) is 13.9. The lowest BCUT2D eigenvalue weighted by Gasteiger charge is -2.20. The zero-order valence-corrected chi connectivity index (χ0v) is 25.0. The number of hydrogen-bond acceptors (Lipinski definition) is 5. The van der Waals surface area contributed by atoms with Gasteiger partial charge in [-0.1, -0.05) is 54.5 Å². The van der Waals surface area contributed by atoms with Crippen LogP contribution in [-0.2, 0) is 5.41 Å². The molecule has 0 atom stereocenters. The molecule has 0 unspecified atom stereocenters. The Balaban J connectivity index is 1.61. The molecule has 7 nitrogen and oxygen atoms in total. The number of fused-ring (bicyclic) bond motifs is 1. The highest BCUT2D eigenvalue weighted by molar-refractivity contribution is 5.55. The molecular formula is C33H39N5O2. The summed E-state index contributed by atoms with van der Waals surface area (Å²) < 4.78 is 17.0. The third-order valence-corrected chi connectivity index (χ3v) is 6.94. The van der Waals surface area contributed by atoms with E-state index in [2.05, 4.69) is 69.0 Å². The Kier molecular flexibility index (Phi) is 7.17. The fraction of sp³-hybridized carbons (Fsp3) is 0.364. The zero-order chi connectivity index (χ0) is 28.8. The molecule has 4 aromatic heterocycles. The third kappa shape index (κ3) is 5.46. The molecular weight excluding hydrogens is 498 g/mol. The molecule has 1 aromatic carbocycles. The van der Waals surface area contributed by atoms with E-state index in [1.807, 2.05) is 67.1 Å². The van der Waals surface area contributed by atoms with E-state index < -0.39 is 0 Å². The van der Waals surface area contributed by atoms with Crippen molar-refractivity contribution in [3.8, 4) is 28.9 Å². The first kappa shape index (κ1) is 27.4. The molecule has 0 amide bonds. The maximum absolute atomic E-state index is 6.52. The molecule has 5 aromatic rings. The topological polar surface area (TPSA) is 66.5 Å². The van der Waals surface area contributed by atoms with Gasteiger partial charge in [0.2, 0.25) is 11.8 Å². The van der Waals surface area contributed by atoms with E-state index in [4.69, 9.17) is 14.5 Å². The number of nitrogens with zero attached hydrogens (tertiary/aromatic N) is 5. The second kappa shape index (κ2) is 10.5. The van der Waals surface area contributed by atoms with E-state index in [0.29, 0.717) is 23.3 Å². The molecule has 0 aliphatic rings. The minimum absolute atomic E-state index is 0.0271. The number of imidazole rings is 1. The number of hydrogen-bond donors (Lipinski definition) is 0. The predicted molar refractivity (Wildman–Crippen MR) is 159 cm³/mol. The molecule has 7 heteroatoms. The fourth-order valence-electron chi connectivity index (χ4n) is 5.01.